The molecule has 0 fully saturated rings. The Hall–Kier alpha value is -3.36. The highest BCUT2D eigenvalue weighted by atomic mass is 19.4. The van der Waals surface area contributed by atoms with E-state index in [-0.39, 0.29) is 17.9 Å². The Balaban J connectivity index is 2.43. The second kappa shape index (κ2) is 9.48. The maximum atomic E-state index is 14.4. The van der Waals surface area contributed by atoms with Gasteiger partial charge in [-0.15, -0.1) is 0 Å². The number of hydrogen-bond acceptors (Lipinski definition) is 2. The van der Waals surface area contributed by atoms with Crippen LogP contribution >= 0.6 is 0 Å². The molecule has 0 radical (unpaired) electrons. The van der Waals surface area contributed by atoms with Crippen molar-refractivity contribution in [2.75, 3.05) is 0 Å². The van der Waals surface area contributed by atoms with Crippen molar-refractivity contribution in [1.29, 1.82) is 0 Å². The largest absolute Gasteiger partial charge is 0.481 e. The summed E-state index contributed by atoms with van der Waals surface area (Å²) in [5.74, 6) is -3.23. The van der Waals surface area contributed by atoms with E-state index in [2.05, 4.69) is 4.98 Å². The summed E-state index contributed by atoms with van der Waals surface area (Å²) in [5.41, 5.74) is -3.58. The maximum Gasteiger partial charge on any atom is 0.433 e. The number of benzene rings is 2. The second-order valence-electron chi connectivity index (χ2n) is 8.28. The van der Waals surface area contributed by atoms with E-state index in [1.54, 1.807) is 44.2 Å². The van der Waals surface area contributed by atoms with Gasteiger partial charge in [0.15, 0.2) is 0 Å². The fourth-order valence-corrected chi connectivity index (χ4v) is 3.83. The summed E-state index contributed by atoms with van der Waals surface area (Å²) in [4.78, 5) is 15.5. The van der Waals surface area contributed by atoms with Crippen LogP contribution in [0.25, 0.3) is 22.4 Å². The van der Waals surface area contributed by atoms with Gasteiger partial charge in [-0.05, 0) is 53.3 Å². The number of aromatic nitrogens is 1. The summed E-state index contributed by atoms with van der Waals surface area (Å²) in [6.07, 6.45) is -10.00. The molecule has 9 heteroatoms. The normalized spacial score (nSPS) is 13.2. The van der Waals surface area contributed by atoms with Crippen LogP contribution in [0.2, 0.25) is 0 Å². The third-order valence-electron chi connectivity index (χ3n) is 5.26. The third kappa shape index (κ3) is 5.58. The highest BCUT2D eigenvalue weighted by molar-refractivity contribution is 5.82. The van der Waals surface area contributed by atoms with Gasteiger partial charge in [0.1, 0.15) is 5.69 Å². The molecule has 3 nitrogen and oxygen atoms in total. The first kappa shape index (κ1) is 25.3. The summed E-state index contributed by atoms with van der Waals surface area (Å²) in [6, 6.07) is 13.2. The highest BCUT2D eigenvalue weighted by Gasteiger charge is 2.41. The molecule has 0 aliphatic heterocycles. The van der Waals surface area contributed by atoms with E-state index >= 15 is 0 Å². The monoisotopic (exact) mass is 481 g/mol. The number of halogens is 6. The lowest BCUT2D eigenvalue weighted by atomic mass is 9.82. The van der Waals surface area contributed by atoms with Crippen molar-refractivity contribution in [3.8, 4) is 22.4 Å². The van der Waals surface area contributed by atoms with Gasteiger partial charge in [0.25, 0.3) is 0 Å². The van der Waals surface area contributed by atoms with Gasteiger partial charge in [0.2, 0.25) is 0 Å². The first-order valence-electron chi connectivity index (χ1n) is 10.4. The van der Waals surface area contributed by atoms with E-state index in [0.29, 0.717) is 11.6 Å². The Labute approximate surface area is 192 Å². The van der Waals surface area contributed by atoms with Crippen molar-refractivity contribution in [3.05, 3.63) is 77.5 Å². The van der Waals surface area contributed by atoms with Crippen LogP contribution in [0.5, 0.6) is 0 Å². The molecule has 1 heterocycles. The predicted molar refractivity (Wildman–Crippen MR) is 115 cm³/mol. The van der Waals surface area contributed by atoms with Crippen LogP contribution in [-0.2, 0) is 17.1 Å². The summed E-state index contributed by atoms with van der Waals surface area (Å²) >= 11 is 0. The molecular formula is C25H21F6NO2. The number of carbonyl (C=O) groups is 1. The minimum Gasteiger partial charge on any atom is -0.481 e. The molecule has 3 aromatic rings. The van der Waals surface area contributed by atoms with Crippen LogP contribution < -0.4 is 0 Å². The minimum atomic E-state index is -5.04. The first-order valence-corrected chi connectivity index (χ1v) is 10.4. The fraction of sp³-hybridized carbons (Fsp3) is 0.280. The van der Waals surface area contributed by atoms with Crippen LogP contribution in [0.1, 0.15) is 43.0 Å². The first-order chi connectivity index (χ1) is 15.8. The molecular weight excluding hydrogens is 460 g/mol. The van der Waals surface area contributed by atoms with E-state index in [4.69, 9.17) is 0 Å². The van der Waals surface area contributed by atoms with E-state index in [1.165, 1.54) is 0 Å². The zero-order valence-electron chi connectivity index (χ0n) is 18.2. The molecule has 3 rings (SSSR count). The van der Waals surface area contributed by atoms with Crippen LogP contribution in [0.15, 0.2) is 60.7 Å². The van der Waals surface area contributed by atoms with Gasteiger partial charge in [0, 0.05) is 5.56 Å². The van der Waals surface area contributed by atoms with Gasteiger partial charge in [-0.1, -0.05) is 50.2 Å². The number of nitrogens with zero attached hydrogens (tertiary/aromatic N) is 1. The molecule has 1 N–H and O–H groups in total. The smallest absolute Gasteiger partial charge is 0.433 e. The Bertz CT molecular complexity index is 1170. The number of carboxylic acid groups (broad SMARTS) is 1. The molecule has 0 saturated heterocycles. The predicted octanol–water partition coefficient (Wildman–Crippen LogP) is 7.67. The lowest BCUT2D eigenvalue weighted by Crippen LogP contribution is -2.21. The van der Waals surface area contributed by atoms with Gasteiger partial charge in [-0.2, -0.15) is 26.3 Å². The van der Waals surface area contributed by atoms with Gasteiger partial charge in [-0.3, -0.25) is 4.79 Å². The SMILES string of the molecule is CC(C)CC(C(=O)O)c1cc(-c2ccccc2)cc(-c2cccc(C(F)(F)F)n2)c1C(F)(F)F. The van der Waals surface area contributed by atoms with Crippen molar-refractivity contribution >= 4 is 5.97 Å². The molecule has 0 bridgehead atoms. The Kier molecular flexibility index (Phi) is 7.05. The molecule has 0 aliphatic carbocycles. The van der Waals surface area contributed by atoms with Crippen LogP contribution in [0.4, 0.5) is 26.3 Å². The Morgan fingerprint density at radius 3 is 2.06 bits per heavy atom. The molecule has 34 heavy (non-hydrogen) atoms. The minimum absolute atomic E-state index is 0.0912. The summed E-state index contributed by atoms with van der Waals surface area (Å²) in [7, 11) is 0. The number of alkyl halides is 6. The average molecular weight is 481 g/mol. The molecule has 1 atom stereocenters. The summed E-state index contributed by atoms with van der Waals surface area (Å²) in [6.45, 7) is 3.36. The lowest BCUT2D eigenvalue weighted by Gasteiger charge is -2.24. The van der Waals surface area contributed by atoms with Crippen molar-refractivity contribution in [3.63, 3.8) is 0 Å². The molecule has 0 saturated carbocycles. The fourth-order valence-electron chi connectivity index (χ4n) is 3.83. The van der Waals surface area contributed by atoms with E-state index in [1.807, 2.05) is 0 Å². The van der Waals surface area contributed by atoms with E-state index in [0.717, 1.165) is 24.3 Å². The average Bonchev–Trinajstić information content (AvgIpc) is 2.75. The maximum absolute atomic E-state index is 14.4. The topological polar surface area (TPSA) is 50.2 Å². The van der Waals surface area contributed by atoms with Crippen molar-refractivity contribution < 1.29 is 36.2 Å². The Morgan fingerprint density at radius 1 is 0.882 bits per heavy atom. The zero-order chi connectivity index (χ0) is 25.3. The molecule has 0 amide bonds. The summed E-state index contributed by atoms with van der Waals surface area (Å²) < 4.78 is 82.9. The van der Waals surface area contributed by atoms with E-state index < -0.39 is 52.3 Å². The second-order valence-corrected chi connectivity index (χ2v) is 8.28. The Morgan fingerprint density at radius 2 is 1.53 bits per heavy atom. The molecule has 2 aromatic carbocycles. The van der Waals surface area contributed by atoms with Gasteiger partial charge in [0.05, 0.1) is 17.2 Å². The molecule has 0 aliphatic rings. The molecule has 180 valence electrons. The number of hydrogen-bond donors (Lipinski definition) is 1. The lowest BCUT2D eigenvalue weighted by molar-refractivity contribution is -0.142. The quantitative estimate of drug-likeness (QED) is 0.368. The van der Waals surface area contributed by atoms with Crippen molar-refractivity contribution in [2.45, 2.75) is 38.5 Å². The van der Waals surface area contributed by atoms with E-state index in [9.17, 15) is 36.2 Å². The molecule has 1 unspecified atom stereocenters. The van der Waals surface area contributed by atoms with Crippen LogP contribution in [0, 0.1) is 5.92 Å². The molecule has 1 aromatic heterocycles. The third-order valence-corrected chi connectivity index (χ3v) is 5.26. The van der Waals surface area contributed by atoms with Gasteiger partial charge < -0.3 is 5.11 Å². The molecule has 0 spiro atoms. The van der Waals surface area contributed by atoms with Gasteiger partial charge >= 0.3 is 18.3 Å². The number of aliphatic carboxylic acids is 1. The van der Waals surface area contributed by atoms with Gasteiger partial charge in [-0.25, -0.2) is 4.98 Å². The van der Waals surface area contributed by atoms with Crippen molar-refractivity contribution in [2.24, 2.45) is 5.92 Å². The van der Waals surface area contributed by atoms with Crippen LogP contribution in [0.3, 0.4) is 0 Å². The number of rotatable bonds is 6. The van der Waals surface area contributed by atoms with Crippen LogP contribution in [-0.4, -0.2) is 16.1 Å². The standard InChI is InChI=1S/C25H21F6NO2/c1-14(2)11-18(23(33)34)17-12-16(15-7-4-3-5-8-15)13-19(22(17)25(29,30)31)20-9-6-10-21(32-20)24(26,27)28/h3-10,12-14,18H,11H2,1-2H3,(H,33,34). The number of pyridine rings is 1. The highest BCUT2D eigenvalue weighted by Crippen LogP contribution is 2.45. The zero-order valence-corrected chi connectivity index (χ0v) is 18.2. The summed E-state index contributed by atoms with van der Waals surface area (Å²) in [5, 5.41) is 9.81. The van der Waals surface area contributed by atoms with Crippen molar-refractivity contribution in [1.82, 2.24) is 4.98 Å². The number of carboxylic acids is 1.